The summed E-state index contributed by atoms with van der Waals surface area (Å²) in [6.07, 6.45) is 1.32. The molecule has 0 radical (unpaired) electrons. The van der Waals surface area contributed by atoms with E-state index in [1.807, 2.05) is 19.1 Å². The molecular weight excluding hydrogens is 406 g/mol. The Labute approximate surface area is 168 Å². The summed E-state index contributed by atoms with van der Waals surface area (Å²) in [6.45, 7) is 3.14. The number of benzene rings is 1. The molecule has 9 heteroatoms. The highest BCUT2D eigenvalue weighted by molar-refractivity contribution is 7.91. The fourth-order valence-electron chi connectivity index (χ4n) is 3.06. The fourth-order valence-corrected chi connectivity index (χ4v) is 5.56. The number of rotatable bonds is 6. The molecule has 0 saturated carbocycles. The van der Waals surface area contributed by atoms with Gasteiger partial charge in [-0.25, -0.2) is 13.1 Å². The van der Waals surface area contributed by atoms with E-state index >= 15 is 0 Å². The third-order valence-corrected chi connectivity index (χ3v) is 7.92. The summed E-state index contributed by atoms with van der Waals surface area (Å²) in [6, 6.07) is 10.00. The van der Waals surface area contributed by atoms with E-state index in [-0.39, 0.29) is 18.0 Å². The number of likely N-dealkylation sites (tertiary alicyclic amines) is 1. The lowest BCUT2D eigenvalue weighted by Gasteiger charge is -2.35. The molecule has 0 spiro atoms. The van der Waals surface area contributed by atoms with Gasteiger partial charge in [0.05, 0.1) is 16.8 Å². The van der Waals surface area contributed by atoms with Crippen molar-refractivity contribution in [1.29, 1.82) is 0 Å². The number of amides is 1. The number of carbonyl (C=O) groups excluding carboxylic acids is 1. The normalized spacial score (nSPS) is 17.6. The molecule has 2 heterocycles. The van der Waals surface area contributed by atoms with Crippen LogP contribution in [0.15, 0.2) is 46.0 Å². The third-order valence-electron chi connectivity index (χ3n) is 4.67. The first-order valence-corrected chi connectivity index (χ1v) is 11.5. The molecule has 1 fully saturated rings. The van der Waals surface area contributed by atoms with Crippen LogP contribution in [0.1, 0.15) is 19.8 Å². The van der Waals surface area contributed by atoms with Crippen molar-refractivity contribution in [3.8, 4) is 0 Å². The minimum absolute atomic E-state index is 0.118. The Kier molecular flexibility index (Phi) is 6.54. The van der Waals surface area contributed by atoms with Gasteiger partial charge in [-0.2, -0.15) is 0 Å². The molecule has 2 aromatic rings. The van der Waals surface area contributed by atoms with Crippen molar-refractivity contribution >= 4 is 44.6 Å². The zero-order valence-electron chi connectivity index (χ0n) is 14.9. The first-order chi connectivity index (χ1) is 12.9. The van der Waals surface area contributed by atoms with Gasteiger partial charge in [-0.3, -0.25) is 9.69 Å². The molecule has 1 amide bonds. The number of nitrogens with zero attached hydrogens (tertiary/aromatic N) is 1. The maximum absolute atomic E-state index is 12.5. The van der Waals surface area contributed by atoms with Gasteiger partial charge in [0.25, 0.3) is 0 Å². The molecule has 1 aromatic heterocycles. The maximum Gasteiger partial charge on any atom is 0.250 e. The van der Waals surface area contributed by atoms with E-state index in [0.717, 1.165) is 0 Å². The van der Waals surface area contributed by atoms with Gasteiger partial charge in [0.1, 0.15) is 4.21 Å². The zero-order chi connectivity index (χ0) is 19.4. The Morgan fingerprint density at radius 2 is 1.93 bits per heavy atom. The van der Waals surface area contributed by atoms with Gasteiger partial charge in [-0.1, -0.05) is 29.8 Å². The second-order valence-corrected chi connectivity index (χ2v) is 9.80. The van der Waals surface area contributed by atoms with Crippen LogP contribution in [0.5, 0.6) is 0 Å². The maximum atomic E-state index is 12.5. The standard InChI is InChI=1S/C18H22ClN3O3S2/c1-13(18(23)20-16-6-3-2-5-15(16)19)22-10-8-14(9-11-22)21-27(24,25)17-7-4-12-26-17/h2-7,12-14,21H,8-11H2,1H3,(H,20,23). The third kappa shape index (κ3) is 5.08. The summed E-state index contributed by atoms with van der Waals surface area (Å²) >= 11 is 7.29. The predicted molar refractivity (Wildman–Crippen MR) is 109 cm³/mol. The van der Waals surface area contributed by atoms with Crippen molar-refractivity contribution in [2.24, 2.45) is 0 Å². The van der Waals surface area contributed by atoms with E-state index < -0.39 is 10.0 Å². The highest BCUT2D eigenvalue weighted by Crippen LogP contribution is 2.22. The second-order valence-electron chi connectivity index (χ2n) is 6.51. The fraction of sp³-hybridized carbons (Fsp3) is 0.389. The lowest BCUT2D eigenvalue weighted by atomic mass is 10.0. The number of carbonyl (C=O) groups is 1. The van der Waals surface area contributed by atoms with Crippen LogP contribution >= 0.6 is 22.9 Å². The summed E-state index contributed by atoms with van der Waals surface area (Å²) in [7, 11) is -3.46. The van der Waals surface area contributed by atoms with Crippen molar-refractivity contribution in [2.75, 3.05) is 18.4 Å². The summed E-state index contributed by atoms with van der Waals surface area (Å²) < 4.78 is 27.8. The van der Waals surface area contributed by atoms with E-state index in [0.29, 0.717) is 40.9 Å². The molecule has 2 N–H and O–H groups in total. The Balaban J connectivity index is 1.52. The van der Waals surface area contributed by atoms with Gasteiger partial charge in [0, 0.05) is 19.1 Å². The van der Waals surface area contributed by atoms with Crippen LogP contribution in [-0.2, 0) is 14.8 Å². The van der Waals surface area contributed by atoms with Crippen LogP contribution in [0.2, 0.25) is 5.02 Å². The lowest BCUT2D eigenvalue weighted by Crippen LogP contribution is -2.50. The highest BCUT2D eigenvalue weighted by atomic mass is 35.5. The molecule has 1 saturated heterocycles. The molecule has 0 aliphatic carbocycles. The monoisotopic (exact) mass is 427 g/mol. The Hall–Kier alpha value is -1.45. The van der Waals surface area contributed by atoms with E-state index in [2.05, 4.69) is 14.9 Å². The van der Waals surface area contributed by atoms with Gasteiger partial charge in [-0.15, -0.1) is 11.3 Å². The minimum Gasteiger partial charge on any atom is -0.323 e. The topological polar surface area (TPSA) is 78.5 Å². The number of sulfonamides is 1. The van der Waals surface area contributed by atoms with Gasteiger partial charge in [0.15, 0.2) is 0 Å². The van der Waals surface area contributed by atoms with Crippen molar-refractivity contribution in [3.05, 3.63) is 46.8 Å². The van der Waals surface area contributed by atoms with Crippen LogP contribution in [0.25, 0.3) is 0 Å². The number of para-hydroxylation sites is 1. The summed E-state index contributed by atoms with van der Waals surface area (Å²) in [5.41, 5.74) is 0.592. The summed E-state index contributed by atoms with van der Waals surface area (Å²) in [5, 5.41) is 5.10. The number of halogens is 1. The number of nitrogens with one attached hydrogen (secondary N) is 2. The van der Waals surface area contributed by atoms with Crippen LogP contribution in [0.4, 0.5) is 5.69 Å². The molecule has 3 rings (SSSR count). The van der Waals surface area contributed by atoms with E-state index in [4.69, 9.17) is 11.6 Å². The molecule has 146 valence electrons. The first-order valence-electron chi connectivity index (χ1n) is 8.72. The van der Waals surface area contributed by atoms with Crippen LogP contribution < -0.4 is 10.0 Å². The molecule has 1 atom stereocenters. The van der Waals surface area contributed by atoms with Gasteiger partial charge < -0.3 is 5.32 Å². The van der Waals surface area contributed by atoms with Crippen molar-refractivity contribution in [2.45, 2.75) is 36.1 Å². The Bertz CT molecular complexity index is 879. The van der Waals surface area contributed by atoms with E-state index in [1.165, 1.54) is 11.3 Å². The first kappa shape index (κ1) is 20.3. The average Bonchev–Trinajstić information content (AvgIpc) is 3.19. The summed E-state index contributed by atoms with van der Waals surface area (Å²) in [5.74, 6) is -0.124. The van der Waals surface area contributed by atoms with Gasteiger partial charge in [0.2, 0.25) is 15.9 Å². The highest BCUT2D eigenvalue weighted by Gasteiger charge is 2.29. The smallest absolute Gasteiger partial charge is 0.250 e. The van der Waals surface area contributed by atoms with Crippen molar-refractivity contribution < 1.29 is 13.2 Å². The van der Waals surface area contributed by atoms with E-state index in [1.54, 1.807) is 29.6 Å². The minimum atomic E-state index is -3.46. The molecular formula is C18H22ClN3O3S2. The number of hydrogen-bond acceptors (Lipinski definition) is 5. The van der Waals surface area contributed by atoms with Crippen molar-refractivity contribution in [3.63, 3.8) is 0 Å². The average molecular weight is 428 g/mol. The molecule has 0 bridgehead atoms. The number of hydrogen-bond donors (Lipinski definition) is 2. The van der Waals surface area contributed by atoms with Crippen LogP contribution in [0, 0.1) is 0 Å². The quantitative estimate of drug-likeness (QED) is 0.742. The van der Waals surface area contributed by atoms with Crippen LogP contribution in [-0.4, -0.2) is 44.4 Å². The summed E-state index contributed by atoms with van der Waals surface area (Å²) in [4.78, 5) is 14.6. The molecule has 1 unspecified atom stereocenters. The number of thiophene rings is 1. The molecule has 27 heavy (non-hydrogen) atoms. The predicted octanol–water partition coefficient (Wildman–Crippen LogP) is 3.17. The molecule has 1 aliphatic rings. The number of anilines is 1. The lowest BCUT2D eigenvalue weighted by molar-refractivity contribution is -0.121. The number of piperidine rings is 1. The zero-order valence-corrected chi connectivity index (χ0v) is 17.3. The van der Waals surface area contributed by atoms with Gasteiger partial charge >= 0.3 is 0 Å². The Morgan fingerprint density at radius 1 is 1.22 bits per heavy atom. The molecule has 1 aliphatic heterocycles. The van der Waals surface area contributed by atoms with Gasteiger partial charge in [-0.05, 0) is 43.3 Å². The van der Waals surface area contributed by atoms with Crippen LogP contribution in [0.3, 0.4) is 0 Å². The molecule has 1 aromatic carbocycles. The second kappa shape index (κ2) is 8.70. The largest absolute Gasteiger partial charge is 0.323 e. The SMILES string of the molecule is CC(C(=O)Nc1ccccc1Cl)N1CCC(NS(=O)(=O)c2cccs2)CC1. The Morgan fingerprint density at radius 3 is 2.56 bits per heavy atom. The van der Waals surface area contributed by atoms with Crippen molar-refractivity contribution in [1.82, 2.24) is 9.62 Å². The molecule has 6 nitrogen and oxygen atoms in total. The van der Waals surface area contributed by atoms with E-state index in [9.17, 15) is 13.2 Å².